The van der Waals surface area contributed by atoms with Crippen molar-refractivity contribution in [3.8, 4) is 77.9 Å². The molecule has 554 valence electrons. The zero-order valence-corrected chi connectivity index (χ0v) is 67.9. The van der Waals surface area contributed by atoms with Crippen molar-refractivity contribution in [1.82, 2.24) is 0 Å². The van der Waals surface area contributed by atoms with Crippen LogP contribution in [0.1, 0.15) is 26.3 Å². The van der Waals surface area contributed by atoms with Crippen LogP contribution < -0.4 is 67.7 Å². The summed E-state index contributed by atoms with van der Waals surface area (Å²) in [5.74, 6) is 0. The van der Waals surface area contributed by atoms with Crippen LogP contribution in [0.5, 0.6) is 0 Å². The van der Waals surface area contributed by atoms with Crippen molar-refractivity contribution in [2.75, 3.05) is 9.80 Å². The molecule has 2 nitrogen and oxygen atoms in total. The predicted molar refractivity (Wildman–Crippen MR) is 504 cm³/mol. The highest BCUT2D eigenvalue weighted by atomic mass is 28.3. The molecule has 2 aliphatic rings. The smallest absolute Gasteiger partial charge is 0.252 e. The zero-order chi connectivity index (χ0) is 78.4. The van der Waals surface area contributed by atoms with E-state index < -0.39 is 16.1 Å². The number of rotatable bonds is 17. The van der Waals surface area contributed by atoms with Gasteiger partial charge in [0.05, 0.1) is 11.4 Å². The van der Waals surface area contributed by atoms with Gasteiger partial charge in [-0.15, -0.1) is 0 Å². The minimum absolute atomic E-state index is 0.111. The molecule has 0 N–H and O–H groups in total. The first-order valence-corrected chi connectivity index (χ1v) is 44.9. The molecule has 20 rings (SSSR count). The quantitative estimate of drug-likeness (QED) is 0.0662. The van der Waals surface area contributed by atoms with Gasteiger partial charge < -0.3 is 9.80 Å². The van der Waals surface area contributed by atoms with Crippen molar-refractivity contribution in [3.63, 3.8) is 0 Å². The van der Waals surface area contributed by atoms with Crippen LogP contribution in [0.3, 0.4) is 0 Å². The fourth-order valence-electron chi connectivity index (χ4n) is 19.0. The molecule has 18 aromatic carbocycles. The molecule has 0 saturated carbocycles. The van der Waals surface area contributed by atoms with E-state index in [0.717, 1.165) is 78.6 Å². The summed E-state index contributed by atoms with van der Waals surface area (Å²) in [7, 11) is -6.98. The second-order valence-corrected chi connectivity index (χ2v) is 39.8. The van der Waals surface area contributed by atoms with Crippen LogP contribution in [-0.4, -0.2) is 22.9 Å². The summed E-state index contributed by atoms with van der Waals surface area (Å²) in [6.07, 6.45) is 0. The molecule has 117 heavy (non-hydrogen) atoms. The number of hydrogen-bond donors (Lipinski definition) is 0. The Morgan fingerprint density at radius 3 is 0.923 bits per heavy atom. The minimum atomic E-state index is -3.49. The first kappa shape index (κ1) is 72.1. The third-order valence-electron chi connectivity index (χ3n) is 24.5. The standard InChI is InChI=1S/C112H85BN2Si2/c1-112(2,3)92-51-35-48-85(70-92)91-77-109-111-110(78-91)115(106-65-34-32-63-102(106)84-46-21-8-22-47-84)108-76-89(66-68-103(108)113(111)104-75-88(82-42-17-6-18-43-82)67-69-107(104)114(109)105-64-33-31-62-101(105)83-44-19-7-20-45-83)90-73-99(116(93-52-23-9-24-53-93,94-54-25-10-26-55-94)97-60-36-49-86(71-97)80-38-13-4-14-39-80)79-100(74-90)117(95-56-27-11-28-57-95,96-58-29-12-30-59-96)98-61-37-50-87(72-98)81-40-15-5-16-41-81/h4-79H,1-3H3. The average Bonchev–Trinajstić information content (AvgIpc) is 0.693. The van der Waals surface area contributed by atoms with Gasteiger partial charge in [0.25, 0.3) is 6.71 Å². The van der Waals surface area contributed by atoms with Crippen LogP contribution >= 0.6 is 0 Å². The maximum Gasteiger partial charge on any atom is 0.252 e. The third kappa shape index (κ3) is 12.8. The highest BCUT2D eigenvalue weighted by Gasteiger charge is 2.49. The van der Waals surface area contributed by atoms with E-state index in [9.17, 15) is 0 Å². The summed E-state index contributed by atoms with van der Waals surface area (Å²) in [5.41, 5.74) is 27.9. The van der Waals surface area contributed by atoms with Crippen LogP contribution in [0, 0.1) is 0 Å². The van der Waals surface area contributed by atoms with Gasteiger partial charge in [0.1, 0.15) is 0 Å². The second kappa shape index (κ2) is 30.4. The lowest BCUT2D eigenvalue weighted by molar-refractivity contribution is 0.590. The van der Waals surface area contributed by atoms with Gasteiger partial charge in [0.15, 0.2) is 16.1 Å². The summed E-state index contributed by atoms with van der Waals surface area (Å²) in [4.78, 5) is 5.29. The molecule has 0 atom stereocenters. The van der Waals surface area contributed by atoms with Gasteiger partial charge >= 0.3 is 0 Å². The molecule has 0 spiro atoms. The number of para-hydroxylation sites is 2. The van der Waals surface area contributed by atoms with E-state index in [1.165, 1.54) is 96.8 Å². The molecule has 5 heteroatoms. The number of benzene rings is 18. The molecule has 0 aliphatic carbocycles. The Kier molecular flexibility index (Phi) is 18.7. The molecule has 2 heterocycles. The molecule has 0 bridgehead atoms. The molecule has 2 aliphatic heterocycles. The van der Waals surface area contributed by atoms with Gasteiger partial charge in [0, 0.05) is 33.9 Å². The van der Waals surface area contributed by atoms with E-state index in [-0.39, 0.29) is 12.1 Å². The first-order valence-electron chi connectivity index (χ1n) is 40.9. The Balaban J connectivity index is 0.938. The molecule has 0 saturated heterocycles. The van der Waals surface area contributed by atoms with Gasteiger partial charge in [-0.3, -0.25) is 0 Å². The number of fused-ring (bicyclic) bond motifs is 4. The lowest BCUT2D eigenvalue weighted by Crippen LogP contribution is -2.78. The van der Waals surface area contributed by atoms with E-state index in [1.54, 1.807) is 0 Å². The van der Waals surface area contributed by atoms with Crippen molar-refractivity contribution in [2.45, 2.75) is 26.2 Å². The molecule has 0 amide bonds. The molecule has 18 aromatic rings. The SMILES string of the molecule is CC(C)(C)c1cccc(-c2cc3c4c(c2)N(c2ccccc2-c2ccccc2)c2cc(-c5cc([Si](c6ccccc6)(c6ccccc6)c6cccc(-c7ccccc7)c6)cc([Si](c6ccccc6)(c6ccccc6)c6cccc(-c7ccccc7)c6)c5)ccc2B4c2cc(-c4ccccc4)ccc2N3c2ccccc2-c2ccccc2)c1. The van der Waals surface area contributed by atoms with E-state index in [4.69, 9.17) is 0 Å². The lowest BCUT2D eigenvalue weighted by atomic mass is 9.33. The number of anilines is 6. The van der Waals surface area contributed by atoms with Crippen LogP contribution in [-0.2, 0) is 5.41 Å². The Bertz CT molecular complexity index is 6390. The minimum Gasteiger partial charge on any atom is -0.311 e. The van der Waals surface area contributed by atoms with E-state index in [0.29, 0.717) is 0 Å². The normalized spacial score (nSPS) is 12.4. The van der Waals surface area contributed by atoms with Crippen molar-refractivity contribution < 1.29 is 0 Å². The first-order chi connectivity index (χ1) is 57.7. The van der Waals surface area contributed by atoms with Gasteiger partial charge in [-0.1, -0.05) is 445 Å². The molecule has 0 unspecified atom stereocenters. The van der Waals surface area contributed by atoms with E-state index >= 15 is 0 Å². The van der Waals surface area contributed by atoms with Gasteiger partial charge in [-0.2, -0.15) is 0 Å². The van der Waals surface area contributed by atoms with Crippen molar-refractivity contribution in [3.05, 3.63) is 467 Å². The Morgan fingerprint density at radius 2 is 0.496 bits per heavy atom. The molecule has 0 aromatic heterocycles. The van der Waals surface area contributed by atoms with Crippen LogP contribution in [0.25, 0.3) is 77.9 Å². The average molecular weight is 1530 g/mol. The Morgan fingerprint density at radius 1 is 0.188 bits per heavy atom. The number of hydrogen-bond acceptors (Lipinski definition) is 2. The zero-order valence-electron chi connectivity index (χ0n) is 65.9. The van der Waals surface area contributed by atoms with Crippen molar-refractivity contribution in [2.24, 2.45) is 0 Å². The molecule has 0 fully saturated rings. The lowest BCUT2D eigenvalue weighted by Gasteiger charge is -2.45. The highest BCUT2D eigenvalue weighted by Crippen LogP contribution is 2.51. The fourth-order valence-corrected chi connectivity index (χ4v) is 28.8. The molecule has 0 radical (unpaired) electrons. The van der Waals surface area contributed by atoms with Crippen molar-refractivity contribution in [1.29, 1.82) is 0 Å². The maximum atomic E-state index is 2.71. The summed E-state index contributed by atoms with van der Waals surface area (Å²) >= 11 is 0. The summed E-state index contributed by atoms with van der Waals surface area (Å²) < 4.78 is 0. The van der Waals surface area contributed by atoms with Crippen LogP contribution in [0.2, 0.25) is 0 Å². The predicted octanol–water partition coefficient (Wildman–Crippen LogP) is 21.5. The van der Waals surface area contributed by atoms with Crippen LogP contribution in [0.15, 0.2) is 461 Å². The fraction of sp³-hybridized carbons (Fsp3) is 0.0357. The van der Waals surface area contributed by atoms with Gasteiger partial charge in [-0.05, 0) is 172 Å². The largest absolute Gasteiger partial charge is 0.311 e. The summed E-state index contributed by atoms with van der Waals surface area (Å²) in [5, 5.41) is 10.4. The maximum absolute atomic E-state index is 3.49. The Labute approximate surface area is 690 Å². The number of nitrogens with zero attached hydrogens (tertiary/aromatic N) is 2. The summed E-state index contributed by atoms with van der Waals surface area (Å²) in [6.45, 7) is 6.75. The van der Waals surface area contributed by atoms with E-state index in [2.05, 4.69) is 492 Å². The van der Waals surface area contributed by atoms with Crippen molar-refractivity contribution >= 4 is 115 Å². The Hall–Kier alpha value is -13.9. The monoisotopic (exact) mass is 1520 g/mol. The topological polar surface area (TPSA) is 6.48 Å². The van der Waals surface area contributed by atoms with Gasteiger partial charge in [0.2, 0.25) is 0 Å². The van der Waals surface area contributed by atoms with Crippen LogP contribution in [0.4, 0.5) is 34.1 Å². The third-order valence-corrected chi connectivity index (χ3v) is 33.9. The summed E-state index contributed by atoms with van der Waals surface area (Å²) in [6, 6.07) is 176. The molecular formula is C112H85BN2Si2. The molecular weight excluding hydrogens is 1440 g/mol. The second-order valence-electron chi connectivity index (χ2n) is 32.2. The van der Waals surface area contributed by atoms with Gasteiger partial charge in [-0.25, -0.2) is 0 Å². The van der Waals surface area contributed by atoms with E-state index in [1.807, 2.05) is 0 Å². The highest BCUT2D eigenvalue weighted by molar-refractivity contribution is 7.22.